The summed E-state index contributed by atoms with van der Waals surface area (Å²) in [7, 11) is 0. The smallest absolute Gasteiger partial charge is 0.0808 e. The van der Waals surface area contributed by atoms with Gasteiger partial charge < -0.3 is 10.2 Å². The maximum Gasteiger partial charge on any atom is 0.0808 e. The van der Waals surface area contributed by atoms with Crippen LogP contribution < -0.4 is 0 Å². The van der Waals surface area contributed by atoms with E-state index in [0.717, 1.165) is 0 Å². The minimum Gasteiger partial charge on any atom is -0.393 e. The van der Waals surface area contributed by atoms with Gasteiger partial charge in [0.25, 0.3) is 0 Å². The van der Waals surface area contributed by atoms with Gasteiger partial charge in [0.05, 0.1) is 12.2 Å². The molecule has 0 bridgehead atoms. The minimum absolute atomic E-state index is 0.324. The van der Waals surface area contributed by atoms with E-state index in [0.29, 0.717) is 12.0 Å². The molecule has 0 radical (unpaired) electrons. The van der Waals surface area contributed by atoms with Gasteiger partial charge in [-0.3, -0.25) is 0 Å². The Morgan fingerprint density at radius 3 is 2.40 bits per heavy atom. The van der Waals surface area contributed by atoms with E-state index in [1.807, 2.05) is 0 Å². The number of hydrogen-bond donors (Lipinski definition) is 2. The molecule has 0 unspecified atom stereocenters. The Morgan fingerprint density at radius 1 is 1.60 bits per heavy atom. The zero-order valence-corrected chi connectivity index (χ0v) is 6.25. The molecule has 0 aliphatic carbocycles. The molecule has 2 nitrogen and oxygen atoms in total. The number of rotatable bonds is 4. The fourth-order valence-electron chi connectivity index (χ4n) is 0.611. The van der Waals surface area contributed by atoms with Gasteiger partial charge in [-0.1, -0.05) is 19.2 Å². The third kappa shape index (κ3) is 3.43. The maximum absolute atomic E-state index is 9.16. The molecule has 0 aromatic carbocycles. The molecule has 0 aromatic rings. The van der Waals surface area contributed by atoms with Crippen molar-refractivity contribution in [1.82, 2.24) is 0 Å². The van der Waals surface area contributed by atoms with Crippen LogP contribution in [-0.4, -0.2) is 22.4 Å². The summed E-state index contributed by atoms with van der Waals surface area (Å²) in [5.41, 5.74) is 0.556. The largest absolute Gasteiger partial charge is 0.393 e. The van der Waals surface area contributed by atoms with Crippen LogP contribution in [0.2, 0.25) is 0 Å². The topological polar surface area (TPSA) is 40.5 Å². The van der Waals surface area contributed by atoms with Crippen LogP contribution in [0.15, 0.2) is 24.8 Å². The molecule has 0 aliphatic rings. The van der Waals surface area contributed by atoms with Gasteiger partial charge in [-0.25, -0.2) is 0 Å². The minimum atomic E-state index is -0.655. The molecule has 0 aromatic heterocycles. The second-order valence-electron chi connectivity index (χ2n) is 2.38. The van der Waals surface area contributed by atoms with Gasteiger partial charge >= 0.3 is 0 Å². The Kier molecular flexibility index (Phi) is 4.00. The van der Waals surface area contributed by atoms with Crippen LogP contribution in [0, 0.1) is 0 Å². The van der Waals surface area contributed by atoms with Crippen molar-refractivity contribution in [3.63, 3.8) is 0 Å². The average Bonchev–Trinajstić information content (AvgIpc) is 1.85. The van der Waals surface area contributed by atoms with Crippen LogP contribution in [0.4, 0.5) is 0 Å². The van der Waals surface area contributed by atoms with Crippen molar-refractivity contribution >= 4 is 0 Å². The van der Waals surface area contributed by atoms with Gasteiger partial charge in [0.15, 0.2) is 0 Å². The summed E-state index contributed by atoms with van der Waals surface area (Å²) in [6.07, 6.45) is 0.668. The van der Waals surface area contributed by atoms with Crippen molar-refractivity contribution in [3.8, 4) is 0 Å². The lowest BCUT2D eigenvalue weighted by Gasteiger charge is -2.11. The van der Waals surface area contributed by atoms with Crippen molar-refractivity contribution in [2.24, 2.45) is 0 Å². The first-order chi connectivity index (χ1) is 4.57. The highest BCUT2D eigenvalue weighted by molar-refractivity contribution is 5.15. The first-order valence-electron chi connectivity index (χ1n) is 3.25. The predicted molar refractivity (Wildman–Crippen MR) is 41.6 cm³/mol. The van der Waals surface area contributed by atoms with Gasteiger partial charge in [0, 0.05) is 6.42 Å². The van der Waals surface area contributed by atoms with Crippen molar-refractivity contribution in [3.05, 3.63) is 24.8 Å². The summed E-state index contributed by atoms with van der Waals surface area (Å²) < 4.78 is 0. The molecule has 0 heterocycles. The van der Waals surface area contributed by atoms with E-state index in [1.165, 1.54) is 6.08 Å². The SMILES string of the molecule is C=CC(=C)[C@@H](O)C[C@@H](C)O. The maximum atomic E-state index is 9.16. The monoisotopic (exact) mass is 142 g/mol. The third-order valence-electron chi connectivity index (χ3n) is 1.25. The van der Waals surface area contributed by atoms with Crippen LogP contribution >= 0.6 is 0 Å². The van der Waals surface area contributed by atoms with E-state index in [9.17, 15) is 0 Å². The van der Waals surface area contributed by atoms with Crippen LogP contribution in [-0.2, 0) is 0 Å². The normalized spacial score (nSPS) is 15.9. The Bertz CT molecular complexity index is 127. The lowest BCUT2D eigenvalue weighted by atomic mass is 10.1. The van der Waals surface area contributed by atoms with E-state index in [2.05, 4.69) is 13.2 Å². The van der Waals surface area contributed by atoms with Gasteiger partial charge in [0.2, 0.25) is 0 Å². The Morgan fingerprint density at radius 2 is 2.10 bits per heavy atom. The van der Waals surface area contributed by atoms with Crippen LogP contribution in [0.1, 0.15) is 13.3 Å². The fourth-order valence-corrected chi connectivity index (χ4v) is 0.611. The fraction of sp³-hybridized carbons (Fsp3) is 0.500. The molecule has 0 spiro atoms. The van der Waals surface area contributed by atoms with E-state index >= 15 is 0 Å². The molecule has 0 saturated heterocycles. The molecular weight excluding hydrogens is 128 g/mol. The second-order valence-corrected chi connectivity index (χ2v) is 2.38. The molecule has 0 rings (SSSR count). The predicted octanol–water partition coefficient (Wildman–Crippen LogP) is 0.860. The van der Waals surface area contributed by atoms with Crippen molar-refractivity contribution in [1.29, 1.82) is 0 Å². The number of aliphatic hydroxyl groups excluding tert-OH is 2. The molecular formula is C8H14O2. The van der Waals surface area contributed by atoms with Crippen molar-refractivity contribution < 1.29 is 10.2 Å². The highest BCUT2D eigenvalue weighted by atomic mass is 16.3. The number of aliphatic hydroxyl groups is 2. The highest BCUT2D eigenvalue weighted by Crippen LogP contribution is 2.06. The lowest BCUT2D eigenvalue weighted by molar-refractivity contribution is 0.112. The van der Waals surface area contributed by atoms with Crippen molar-refractivity contribution in [2.75, 3.05) is 0 Å². The Balaban J connectivity index is 3.72. The summed E-state index contributed by atoms with van der Waals surface area (Å²) in [5.74, 6) is 0. The van der Waals surface area contributed by atoms with Crippen LogP contribution in [0.5, 0.6) is 0 Å². The molecule has 0 saturated carbocycles. The first kappa shape index (κ1) is 9.40. The van der Waals surface area contributed by atoms with E-state index in [1.54, 1.807) is 6.92 Å². The summed E-state index contributed by atoms with van der Waals surface area (Å²) in [6, 6.07) is 0. The third-order valence-corrected chi connectivity index (χ3v) is 1.25. The van der Waals surface area contributed by atoms with E-state index in [-0.39, 0.29) is 0 Å². The average molecular weight is 142 g/mol. The molecule has 58 valence electrons. The molecule has 0 fully saturated rings. The molecule has 0 aliphatic heterocycles. The van der Waals surface area contributed by atoms with Crippen LogP contribution in [0.3, 0.4) is 0 Å². The molecule has 0 amide bonds. The van der Waals surface area contributed by atoms with Gasteiger partial charge in [0.1, 0.15) is 0 Å². The molecule has 10 heavy (non-hydrogen) atoms. The van der Waals surface area contributed by atoms with E-state index < -0.39 is 12.2 Å². The summed E-state index contributed by atoms with van der Waals surface area (Å²) >= 11 is 0. The number of hydrogen-bond acceptors (Lipinski definition) is 2. The van der Waals surface area contributed by atoms with Gasteiger partial charge in [-0.15, -0.1) is 0 Å². The van der Waals surface area contributed by atoms with Crippen LogP contribution in [0.25, 0.3) is 0 Å². The summed E-state index contributed by atoms with van der Waals surface area (Å²) in [5, 5.41) is 18.0. The standard InChI is InChI=1S/C8H14O2/c1-4-6(2)8(10)5-7(3)9/h4,7-10H,1-2,5H2,3H3/t7-,8+/m1/s1. The highest BCUT2D eigenvalue weighted by Gasteiger charge is 2.08. The molecule has 2 atom stereocenters. The van der Waals surface area contributed by atoms with Crippen molar-refractivity contribution in [2.45, 2.75) is 25.6 Å². The second kappa shape index (κ2) is 4.25. The zero-order valence-electron chi connectivity index (χ0n) is 6.25. The lowest BCUT2D eigenvalue weighted by Crippen LogP contribution is -2.15. The zero-order chi connectivity index (χ0) is 8.15. The molecule has 2 N–H and O–H groups in total. The van der Waals surface area contributed by atoms with Gasteiger partial charge in [-0.05, 0) is 12.5 Å². The van der Waals surface area contributed by atoms with E-state index in [4.69, 9.17) is 10.2 Å². The summed E-state index contributed by atoms with van der Waals surface area (Å²) in [6.45, 7) is 8.62. The Labute approximate surface area is 61.5 Å². The van der Waals surface area contributed by atoms with Gasteiger partial charge in [-0.2, -0.15) is 0 Å². The molecule has 2 heteroatoms. The first-order valence-corrected chi connectivity index (χ1v) is 3.25. The summed E-state index contributed by atoms with van der Waals surface area (Å²) in [4.78, 5) is 0. The Hall–Kier alpha value is -0.600. The quantitative estimate of drug-likeness (QED) is 0.571.